The van der Waals surface area contributed by atoms with Crippen LogP contribution in [-0.2, 0) is 0 Å². The Morgan fingerprint density at radius 3 is 1.84 bits per heavy atom. The fourth-order valence-electron chi connectivity index (χ4n) is 5.00. The quantitative estimate of drug-likeness (QED) is 0.310. The predicted molar refractivity (Wildman–Crippen MR) is 151 cm³/mol. The lowest BCUT2D eigenvalue weighted by Gasteiger charge is -2.10. The van der Waals surface area contributed by atoms with Crippen LogP contribution < -0.4 is 5.46 Å². The Bertz CT molecular complexity index is 1900. The molecule has 5 aromatic carbocycles. The Labute approximate surface area is 218 Å². The first-order valence-corrected chi connectivity index (χ1v) is 12.3. The standard InChI is InChI=1S/C31H20BN3O3/c36-32(37)24-18-21-14-7-8-15-22(21)27-26-23(16-9-17-25(26)38-28(24)27)31-34-29(19-10-3-1-4-11-19)33-30(35-31)20-12-5-2-6-13-20/h1-18,36-37H. The second-order valence-electron chi connectivity index (χ2n) is 9.08. The summed E-state index contributed by atoms with van der Waals surface area (Å²) in [6.07, 6.45) is 0. The van der Waals surface area contributed by atoms with Crippen molar-refractivity contribution in [3.05, 3.63) is 109 Å². The largest absolute Gasteiger partial charge is 0.492 e. The van der Waals surface area contributed by atoms with Gasteiger partial charge in [0.05, 0.1) is 0 Å². The maximum atomic E-state index is 10.2. The highest BCUT2D eigenvalue weighted by molar-refractivity contribution is 6.62. The fraction of sp³-hybridized carbons (Fsp3) is 0. The molecule has 0 aliphatic heterocycles. The average molecular weight is 493 g/mol. The van der Waals surface area contributed by atoms with Gasteiger partial charge in [0, 0.05) is 32.9 Å². The van der Waals surface area contributed by atoms with Gasteiger partial charge in [0.25, 0.3) is 0 Å². The molecule has 0 unspecified atom stereocenters. The number of aromatic nitrogens is 3. The Morgan fingerprint density at radius 2 is 1.18 bits per heavy atom. The zero-order chi connectivity index (χ0) is 25.6. The molecule has 7 aromatic rings. The van der Waals surface area contributed by atoms with Crippen molar-refractivity contribution in [2.45, 2.75) is 0 Å². The third kappa shape index (κ3) is 3.65. The second kappa shape index (κ2) is 8.92. The summed E-state index contributed by atoms with van der Waals surface area (Å²) < 4.78 is 6.25. The van der Waals surface area contributed by atoms with Crippen LogP contribution in [0.5, 0.6) is 0 Å². The number of fused-ring (bicyclic) bond motifs is 5. The van der Waals surface area contributed by atoms with Crippen LogP contribution in [0.1, 0.15) is 0 Å². The molecule has 7 rings (SSSR count). The molecule has 0 spiro atoms. The van der Waals surface area contributed by atoms with Crippen LogP contribution in [0.2, 0.25) is 0 Å². The van der Waals surface area contributed by atoms with Gasteiger partial charge in [0.15, 0.2) is 17.5 Å². The smallest absolute Gasteiger partial charge is 0.456 e. The maximum Gasteiger partial charge on any atom is 0.492 e. The molecule has 2 aromatic heterocycles. The highest BCUT2D eigenvalue weighted by Crippen LogP contribution is 2.39. The van der Waals surface area contributed by atoms with Crippen LogP contribution in [0.15, 0.2) is 114 Å². The molecule has 180 valence electrons. The average Bonchev–Trinajstić information content (AvgIpc) is 3.37. The predicted octanol–water partition coefficient (Wildman–Crippen LogP) is 5.61. The van der Waals surface area contributed by atoms with Crippen LogP contribution in [0, 0.1) is 0 Å². The Balaban J connectivity index is 1.59. The lowest BCUT2D eigenvalue weighted by Crippen LogP contribution is -2.30. The van der Waals surface area contributed by atoms with Crippen LogP contribution in [0.4, 0.5) is 0 Å². The summed E-state index contributed by atoms with van der Waals surface area (Å²) in [6.45, 7) is 0. The van der Waals surface area contributed by atoms with E-state index in [2.05, 4.69) is 0 Å². The highest BCUT2D eigenvalue weighted by atomic mass is 16.4. The summed E-state index contributed by atoms with van der Waals surface area (Å²) in [7, 11) is -1.68. The molecular formula is C31H20BN3O3. The van der Waals surface area contributed by atoms with Gasteiger partial charge >= 0.3 is 7.12 Å². The van der Waals surface area contributed by atoms with E-state index >= 15 is 0 Å². The zero-order valence-corrected chi connectivity index (χ0v) is 20.1. The van der Waals surface area contributed by atoms with E-state index in [1.165, 1.54) is 0 Å². The number of rotatable bonds is 4. The first kappa shape index (κ1) is 22.4. The molecule has 0 bridgehead atoms. The summed E-state index contributed by atoms with van der Waals surface area (Å²) >= 11 is 0. The zero-order valence-electron chi connectivity index (χ0n) is 20.1. The molecule has 0 radical (unpaired) electrons. The van der Waals surface area contributed by atoms with Crippen molar-refractivity contribution in [3.8, 4) is 34.2 Å². The molecule has 7 heteroatoms. The minimum absolute atomic E-state index is 0.312. The van der Waals surface area contributed by atoms with E-state index in [1.807, 2.05) is 103 Å². The van der Waals surface area contributed by atoms with Gasteiger partial charge in [-0.1, -0.05) is 103 Å². The molecule has 2 heterocycles. The first-order chi connectivity index (χ1) is 18.7. The van der Waals surface area contributed by atoms with Crippen LogP contribution >= 0.6 is 0 Å². The van der Waals surface area contributed by atoms with Gasteiger partial charge in [-0.15, -0.1) is 0 Å². The van der Waals surface area contributed by atoms with E-state index in [9.17, 15) is 10.0 Å². The van der Waals surface area contributed by atoms with E-state index in [1.54, 1.807) is 6.07 Å². The van der Waals surface area contributed by atoms with Crippen molar-refractivity contribution in [1.82, 2.24) is 15.0 Å². The van der Waals surface area contributed by atoms with Crippen LogP contribution in [0.3, 0.4) is 0 Å². The van der Waals surface area contributed by atoms with E-state index in [4.69, 9.17) is 19.4 Å². The Hall–Kier alpha value is -4.85. The summed E-state index contributed by atoms with van der Waals surface area (Å²) in [6, 6.07) is 35.0. The molecule has 2 N–H and O–H groups in total. The van der Waals surface area contributed by atoms with Crippen molar-refractivity contribution in [3.63, 3.8) is 0 Å². The molecular weight excluding hydrogens is 473 g/mol. The minimum atomic E-state index is -1.68. The molecule has 38 heavy (non-hydrogen) atoms. The highest BCUT2D eigenvalue weighted by Gasteiger charge is 2.24. The number of hydrogen-bond acceptors (Lipinski definition) is 6. The number of benzene rings is 5. The summed E-state index contributed by atoms with van der Waals surface area (Å²) in [5, 5.41) is 23.8. The summed E-state index contributed by atoms with van der Waals surface area (Å²) in [5.41, 5.74) is 3.89. The van der Waals surface area contributed by atoms with Gasteiger partial charge in [-0.3, -0.25) is 0 Å². The van der Waals surface area contributed by atoms with Crippen molar-refractivity contribution in [1.29, 1.82) is 0 Å². The number of furan rings is 1. The third-order valence-corrected chi connectivity index (χ3v) is 6.74. The fourth-order valence-corrected chi connectivity index (χ4v) is 5.00. The SMILES string of the molecule is OB(O)c1cc2ccccc2c2c1oc1cccc(-c3nc(-c4ccccc4)nc(-c4ccccc4)n3)c12. The number of nitrogens with zero attached hydrogens (tertiary/aromatic N) is 3. The van der Waals surface area contributed by atoms with E-state index in [0.29, 0.717) is 34.1 Å². The van der Waals surface area contributed by atoms with Gasteiger partial charge in [-0.05, 0) is 16.8 Å². The van der Waals surface area contributed by atoms with E-state index < -0.39 is 7.12 Å². The summed E-state index contributed by atoms with van der Waals surface area (Å²) in [4.78, 5) is 14.6. The maximum absolute atomic E-state index is 10.2. The monoisotopic (exact) mass is 493 g/mol. The number of hydrogen-bond donors (Lipinski definition) is 2. The van der Waals surface area contributed by atoms with E-state index in [0.717, 1.165) is 38.2 Å². The van der Waals surface area contributed by atoms with Gasteiger partial charge in [0.2, 0.25) is 0 Å². The van der Waals surface area contributed by atoms with Crippen LogP contribution in [-0.4, -0.2) is 32.1 Å². The van der Waals surface area contributed by atoms with Gasteiger partial charge in [-0.2, -0.15) is 0 Å². The molecule has 0 saturated carbocycles. The Kier molecular flexibility index (Phi) is 5.25. The molecule has 0 aliphatic carbocycles. The van der Waals surface area contributed by atoms with Crippen molar-refractivity contribution in [2.75, 3.05) is 0 Å². The summed E-state index contributed by atoms with van der Waals surface area (Å²) in [5.74, 6) is 1.64. The molecule has 0 atom stereocenters. The lowest BCUT2D eigenvalue weighted by molar-refractivity contribution is 0.425. The third-order valence-electron chi connectivity index (χ3n) is 6.74. The van der Waals surface area contributed by atoms with Gasteiger partial charge in [-0.25, -0.2) is 15.0 Å². The molecule has 0 fully saturated rings. The van der Waals surface area contributed by atoms with E-state index in [-0.39, 0.29) is 0 Å². The molecule has 0 amide bonds. The minimum Gasteiger partial charge on any atom is -0.456 e. The second-order valence-corrected chi connectivity index (χ2v) is 9.08. The van der Waals surface area contributed by atoms with Crippen LogP contribution in [0.25, 0.3) is 66.9 Å². The van der Waals surface area contributed by atoms with Gasteiger partial charge < -0.3 is 14.5 Å². The molecule has 0 aliphatic rings. The van der Waals surface area contributed by atoms with Crippen molar-refractivity contribution in [2.24, 2.45) is 0 Å². The molecule has 6 nitrogen and oxygen atoms in total. The van der Waals surface area contributed by atoms with Crippen molar-refractivity contribution >= 4 is 45.3 Å². The molecule has 0 saturated heterocycles. The normalized spacial score (nSPS) is 11.4. The first-order valence-electron chi connectivity index (χ1n) is 12.3. The van der Waals surface area contributed by atoms with Gasteiger partial charge in [0.1, 0.15) is 11.2 Å². The Morgan fingerprint density at radius 1 is 0.579 bits per heavy atom. The lowest BCUT2D eigenvalue weighted by atomic mass is 9.78. The van der Waals surface area contributed by atoms with Crippen molar-refractivity contribution < 1.29 is 14.5 Å². The topological polar surface area (TPSA) is 92.3 Å².